The van der Waals surface area contributed by atoms with Crippen LogP contribution in [0.25, 0.3) is 0 Å². The number of rotatable bonds is 4. The van der Waals surface area contributed by atoms with E-state index in [0.717, 1.165) is 11.1 Å². The Balaban J connectivity index is 1.93. The molecule has 92 valence electrons. The predicted octanol–water partition coefficient (Wildman–Crippen LogP) is 3.53. The largest absolute Gasteiger partial charge is 0.460 e. The van der Waals surface area contributed by atoms with E-state index in [0.29, 0.717) is 6.61 Å². The quantitative estimate of drug-likeness (QED) is 0.764. The summed E-state index contributed by atoms with van der Waals surface area (Å²) in [5, 5.41) is 0. The molecule has 0 spiro atoms. The highest BCUT2D eigenvalue weighted by atomic mass is 16.5. The van der Waals surface area contributed by atoms with E-state index < -0.39 is 0 Å². The van der Waals surface area contributed by atoms with Gasteiger partial charge in [0.15, 0.2) is 0 Å². The van der Waals surface area contributed by atoms with E-state index in [1.54, 1.807) is 0 Å². The van der Waals surface area contributed by atoms with Crippen molar-refractivity contribution in [1.29, 1.82) is 0 Å². The fourth-order valence-electron chi connectivity index (χ4n) is 1.73. The molecule has 0 aromatic heterocycles. The van der Waals surface area contributed by atoms with E-state index in [2.05, 4.69) is 0 Å². The molecule has 0 aliphatic carbocycles. The molecule has 1 atom stereocenters. The van der Waals surface area contributed by atoms with Crippen LogP contribution in [0.5, 0.6) is 0 Å². The lowest BCUT2D eigenvalue weighted by atomic mass is 10.0. The zero-order valence-electron chi connectivity index (χ0n) is 10.4. The molecular formula is C16H16O2. The van der Waals surface area contributed by atoms with Gasteiger partial charge in [-0.1, -0.05) is 60.7 Å². The summed E-state index contributed by atoms with van der Waals surface area (Å²) >= 11 is 0. The van der Waals surface area contributed by atoms with E-state index in [1.165, 1.54) is 0 Å². The average molecular weight is 240 g/mol. The van der Waals surface area contributed by atoms with Gasteiger partial charge in [0.1, 0.15) is 6.61 Å². The van der Waals surface area contributed by atoms with Crippen LogP contribution in [0.2, 0.25) is 0 Å². The second-order valence-electron chi connectivity index (χ2n) is 4.23. The van der Waals surface area contributed by atoms with E-state index in [1.807, 2.05) is 67.6 Å². The van der Waals surface area contributed by atoms with Gasteiger partial charge in [0.25, 0.3) is 0 Å². The Bertz CT molecular complexity index is 491. The smallest absolute Gasteiger partial charge is 0.313 e. The maximum absolute atomic E-state index is 11.9. The van der Waals surface area contributed by atoms with Crippen molar-refractivity contribution < 1.29 is 9.53 Å². The minimum atomic E-state index is -0.227. The molecule has 0 N–H and O–H groups in total. The third-order valence-corrected chi connectivity index (χ3v) is 2.88. The molecule has 1 unspecified atom stereocenters. The van der Waals surface area contributed by atoms with Crippen LogP contribution in [0.3, 0.4) is 0 Å². The van der Waals surface area contributed by atoms with E-state index in [4.69, 9.17) is 4.74 Å². The first-order chi connectivity index (χ1) is 8.77. The Morgan fingerprint density at radius 3 is 2.17 bits per heavy atom. The third-order valence-electron chi connectivity index (χ3n) is 2.88. The van der Waals surface area contributed by atoms with Crippen LogP contribution in [-0.2, 0) is 16.1 Å². The van der Waals surface area contributed by atoms with Gasteiger partial charge in [-0.3, -0.25) is 4.79 Å². The summed E-state index contributed by atoms with van der Waals surface area (Å²) in [5.41, 5.74) is 1.99. The van der Waals surface area contributed by atoms with Crippen molar-refractivity contribution in [2.75, 3.05) is 0 Å². The minimum absolute atomic E-state index is 0.190. The third kappa shape index (κ3) is 3.20. The van der Waals surface area contributed by atoms with Crippen LogP contribution in [0.4, 0.5) is 0 Å². The maximum atomic E-state index is 11.9. The Morgan fingerprint density at radius 1 is 1.00 bits per heavy atom. The van der Waals surface area contributed by atoms with Crippen molar-refractivity contribution in [3.05, 3.63) is 71.8 Å². The molecule has 0 saturated carbocycles. The topological polar surface area (TPSA) is 26.3 Å². The fourth-order valence-corrected chi connectivity index (χ4v) is 1.73. The van der Waals surface area contributed by atoms with Crippen LogP contribution in [0.1, 0.15) is 24.0 Å². The zero-order valence-corrected chi connectivity index (χ0v) is 10.4. The Hall–Kier alpha value is -2.09. The summed E-state index contributed by atoms with van der Waals surface area (Å²) in [6, 6.07) is 19.4. The zero-order chi connectivity index (χ0) is 12.8. The molecule has 0 radical (unpaired) electrons. The summed E-state index contributed by atoms with van der Waals surface area (Å²) in [4.78, 5) is 11.9. The molecule has 0 aliphatic rings. The monoisotopic (exact) mass is 240 g/mol. The highest BCUT2D eigenvalue weighted by molar-refractivity contribution is 5.77. The average Bonchev–Trinajstić information content (AvgIpc) is 2.46. The normalized spacial score (nSPS) is 11.8. The number of benzene rings is 2. The molecule has 2 aromatic rings. The highest BCUT2D eigenvalue weighted by Gasteiger charge is 2.16. The van der Waals surface area contributed by atoms with Gasteiger partial charge in [0.2, 0.25) is 0 Å². The molecule has 2 heteroatoms. The Morgan fingerprint density at radius 2 is 1.56 bits per heavy atom. The number of carbonyl (C=O) groups is 1. The predicted molar refractivity (Wildman–Crippen MR) is 71.1 cm³/mol. The highest BCUT2D eigenvalue weighted by Crippen LogP contribution is 2.16. The van der Waals surface area contributed by atoms with Crippen molar-refractivity contribution in [2.24, 2.45) is 0 Å². The Labute approximate surface area is 107 Å². The lowest BCUT2D eigenvalue weighted by molar-refractivity contribution is -0.146. The standard InChI is InChI=1S/C16H16O2/c1-13(15-10-6-3-7-11-15)16(17)18-12-14-8-4-2-5-9-14/h2-11,13H,12H2,1H3. The van der Waals surface area contributed by atoms with Crippen LogP contribution >= 0.6 is 0 Å². The second-order valence-corrected chi connectivity index (χ2v) is 4.23. The number of hydrogen-bond donors (Lipinski definition) is 0. The van der Waals surface area contributed by atoms with E-state index in [-0.39, 0.29) is 11.9 Å². The maximum Gasteiger partial charge on any atom is 0.313 e. The van der Waals surface area contributed by atoms with Gasteiger partial charge in [-0.25, -0.2) is 0 Å². The van der Waals surface area contributed by atoms with E-state index >= 15 is 0 Å². The first-order valence-electron chi connectivity index (χ1n) is 6.03. The molecular weight excluding hydrogens is 224 g/mol. The van der Waals surface area contributed by atoms with Crippen LogP contribution < -0.4 is 0 Å². The number of hydrogen-bond acceptors (Lipinski definition) is 2. The lowest BCUT2D eigenvalue weighted by Gasteiger charge is -2.11. The van der Waals surface area contributed by atoms with Crippen molar-refractivity contribution in [2.45, 2.75) is 19.4 Å². The van der Waals surface area contributed by atoms with Crippen LogP contribution in [-0.4, -0.2) is 5.97 Å². The lowest BCUT2D eigenvalue weighted by Crippen LogP contribution is -2.13. The summed E-state index contributed by atoms with van der Waals surface area (Å²) in [5.74, 6) is -0.417. The molecule has 2 rings (SSSR count). The molecule has 0 amide bonds. The van der Waals surface area contributed by atoms with Gasteiger partial charge in [-0.05, 0) is 18.1 Å². The summed E-state index contributed by atoms with van der Waals surface area (Å²) < 4.78 is 5.31. The SMILES string of the molecule is CC(C(=O)OCc1ccccc1)c1ccccc1. The molecule has 2 aromatic carbocycles. The van der Waals surface area contributed by atoms with Gasteiger partial charge >= 0.3 is 5.97 Å². The van der Waals surface area contributed by atoms with Crippen molar-refractivity contribution in [3.8, 4) is 0 Å². The van der Waals surface area contributed by atoms with Crippen LogP contribution in [0.15, 0.2) is 60.7 Å². The van der Waals surface area contributed by atoms with Gasteiger partial charge in [0.05, 0.1) is 5.92 Å². The van der Waals surface area contributed by atoms with Crippen molar-refractivity contribution in [3.63, 3.8) is 0 Å². The number of esters is 1. The fraction of sp³-hybridized carbons (Fsp3) is 0.188. The minimum Gasteiger partial charge on any atom is -0.460 e. The molecule has 0 heterocycles. The molecule has 0 aliphatic heterocycles. The summed E-state index contributed by atoms with van der Waals surface area (Å²) in [6.45, 7) is 2.19. The first-order valence-corrected chi connectivity index (χ1v) is 6.03. The van der Waals surface area contributed by atoms with Gasteiger partial charge in [0, 0.05) is 0 Å². The van der Waals surface area contributed by atoms with Crippen molar-refractivity contribution in [1.82, 2.24) is 0 Å². The molecule has 18 heavy (non-hydrogen) atoms. The van der Waals surface area contributed by atoms with Gasteiger partial charge in [-0.15, -0.1) is 0 Å². The molecule has 2 nitrogen and oxygen atoms in total. The van der Waals surface area contributed by atoms with Gasteiger partial charge in [-0.2, -0.15) is 0 Å². The van der Waals surface area contributed by atoms with Crippen molar-refractivity contribution >= 4 is 5.97 Å². The number of ether oxygens (including phenoxy) is 1. The molecule has 0 saturated heterocycles. The summed E-state index contributed by atoms with van der Waals surface area (Å²) in [6.07, 6.45) is 0. The number of carbonyl (C=O) groups excluding carboxylic acids is 1. The Kier molecular flexibility index (Phi) is 4.13. The first kappa shape index (κ1) is 12.4. The van der Waals surface area contributed by atoms with E-state index in [9.17, 15) is 4.79 Å². The second kappa shape index (κ2) is 6.01. The van der Waals surface area contributed by atoms with Crippen LogP contribution in [0, 0.1) is 0 Å². The summed E-state index contributed by atoms with van der Waals surface area (Å²) in [7, 11) is 0. The molecule has 0 fully saturated rings. The molecule has 0 bridgehead atoms. The van der Waals surface area contributed by atoms with Gasteiger partial charge < -0.3 is 4.74 Å².